The van der Waals surface area contributed by atoms with Crippen molar-refractivity contribution in [1.82, 2.24) is 0 Å². The lowest BCUT2D eigenvalue weighted by Gasteiger charge is -2.25. The van der Waals surface area contributed by atoms with E-state index >= 15 is 0 Å². The molecule has 5 heteroatoms. The molecule has 0 bridgehead atoms. The van der Waals surface area contributed by atoms with Crippen molar-refractivity contribution in [3.8, 4) is 0 Å². The Labute approximate surface area is 111 Å². The van der Waals surface area contributed by atoms with Crippen molar-refractivity contribution >= 4 is 0 Å². The van der Waals surface area contributed by atoms with Crippen LogP contribution in [0.4, 0.5) is 0 Å². The van der Waals surface area contributed by atoms with E-state index in [4.69, 9.17) is 15.3 Å². The third-order valence-electron chi connectivity index (χ3n) is 2.88. The predicted octanol–water partition coefficient (Wildman–Crippen LogP) is 1.14. The van der Waals surface area contributed by atoms with Gasteiger partial charge in [0.15, 0.2) is 0 Å². The zero-order valence-electron chi connectivity index (χ0n) is 12.2. The zero-order chi connectivity index (χ0) is 14.4. The first kappa shape index (κ1) is 20.1. The maximum Gasteiger partial charge on any atom is 0.109 e. The molecule has 0 rings (SSSR count). The Bertz CT molecular complexity index is 165. The van der Waals surface area contributed by atoms with Gasteiger partial charge in [-0.1, -0.05) is 19.8 Å². The van der Waals surface area contributed by atoms with Crippen LogP contribution in [0.3, 0.4) is 0 Å². The van der Waals surface area contributed by atoms with Gasteiger partial charge in [0, 0.05) is 13.5 Å². The topological polar surface area (TPSA) is 80.9 Å². The number of hydrogen-bond donors (Lipinski definition) is 4. The lowest BCUT2D eigenvalue weighted by molar-refractivity contribution is -1.09. The molecule has 0 amide bonds. The van der Waals surface area contributed by atoms with Crippen molar-refractivity contribution in [1.29, 1.82) is 0 Å². The average molecular weight is 266 g/mol. The van der Waals surface area contributed by atoms with Crippen molar-refractivity contribution in [2.45, 2.75) is 51.6 Å². The van der Waals surface area contributed by atoms with Crippen LogP contribution >= 0.6 is 0 Å². The Hall–Kier alpha value is -0.200. The molecule has 0 spiro atoms. The molecule has 0 aliphatic heterocycles. The number of aliphatic hydroxyl groups excluding tert-OH is 3. The fraction of sp³-hybridized carbons (Fsp3) is 1.00. The van der Waals surface area contributed by atoms with Crippen LogP contribution in [0.25, 0.3) is 0 Å². The Balaban J connectivity index is 0. The Kier molecular flexibility index (Phi) is 14.8. The second kappa shape index (κ2) is 13.2. The highest BCUT2D eigenvalue weighted by molar-refractivity contribution is 4.51. The monoisotopic (exact) mass is 266 g/mol. The van der Waals surface area contributed by atoms with Gasteiger partial charge in [-0.2, -0.15) is 4.65 Å². The molecular formula is C13H32NO4+. The van der Waals surface area contributed by atoms with Crippen LogP contribution in [0.1, 0.15) is 45.4 Å². The second-order valence-electron chi connectivity index (χ2n) is 4.83. The molecule has 5 nitrogen and oxygen atoms in total. The van der Waals surface area contributed by atoms with Crippen molar-refractivity contribution < 1.29 is 25.2 Å². The minimum Gasteiger partial charge on any atom is -0.400 e. The summed E-state index contributed by atoms with van der Waals surface area (Å²) in [5.41, 5.74) is 0. The van der Waals surface area contributed by atoms with Crippen LogP contribution in [0, 0.1) is 0 Å². The molecule has 0 aromatic heterocycles. The highest BCUT2D eigenvalue weighted by Crippen LogP contribution is 2.08. The van der Waals surface area contributed by atoms with Gasteiger partial charge in [0.1, 0.15) is 13.1 Å². The standard InChI is InChI=1S/C12H28NO3.CH4O/c1-3-4-5-6-9-13(2,16)10-7-8-12(15)11-14;1-2/h12,14-16H,3-11H2,1-2H3;2H,1H3/q+1;. The summed E-state index contributed by atoms with van der Waals surface area (Å²) in [5, 5.41) is 34.8. The highest BCUT2D eigenvalue weighted by atomic mass is 16.5. The summed E-state index contributed by atoms with van der Waals surface area (Å²) in [6, 6.07) is 0. The maximum absolute atomic E-state index is 9.99. The summed E-state index contributed by atoms with van der Waals surface area (Å²) in [4.78, 5) is 0. The van der Waals surface area contributed by atoms with Crippen LogP contribution in [-0.2, 0) is 0 Å². The number of unbranched alkanes of at least 4 members (excludes halogenated alkanes) is 3. The molecule has 18 heavy (non-hydrogen) atoms. The van der Waals surface area contributed by atoms with Gasteiger partial charge in [0.05, 0.1) is 19.8 Å². The molecule has 4 N–H and O–H groups in total. The third-order valence-corrected chi connectivity index (χ3v) is 2.88. The fourth-order valence-electron chi connectivity index (χ4n) is 1.75. The summed E-state index contributed by atoms with van der Waals surface area (Å²) in [5.74, 6) is 0. The second-order valence-corrected chi connectivity index (χ2v) is 4.83. The summed E-state index contributed by atoms with van der Waals surface area (Å²) < 4.78 is 0.0296. The van der Waals surface area contributed by atoms with Gasteiger partial charge in [-0.05, 0) is 19.3 Å². The minimum atomic E-state index is -0.639. The van der Waals surface area contributed by atoms with Crippen LogP contribution < -0.4 is 0 Å². The first-order valence-electron chi connectivity index (χ1n) is 6.82. The molecule has 0 saturated heterocycles. The SMILES string of the molecule is CCCCCC[N+](C)(O)CCCC(O)CO.CO. The predicted molar refractivity (Wildman–Crippen MR) is 72.3 cm³/mol. The Morgan fingerprint density at radius 3 is 2.06 bits per heavy atom. The highest BCUT2D eigenvalue weighted by Gasteiger charge is 2.18. The van der Waals surface area contributed by atoms with E-state index < -0.39 is 6.10 Å². The van der Waals surface area contributed by atoms with E-state index in [2.05, 4.69) is 6.92 Å². The first-order valence-corrected chi connectivity index (χ1v) is 6.82. The van der Waals surface area contributed by atoms with Gasteiger partial charge in [0.25, 0.3) is 0 Å². The average Bonchev–Trinajstić information content (AvgIpc) is 2.36. The first-order chi connectivity index (χ1) is 8.52. The van der Waals surface area contributed by atoms with Crippen molar-refractivity contribution in [2.24, 2.45) is 0 Å². The molecule has 0 aromatic rings. The molecule has 0 saturated carbocycles. The number of nitrogens with zero attached hydrogens (tertiary/aromatic N) is 1. The van der Waals surface area contributed by atoms with Crippen molar-refractivity contribution in [3.05, 3.63) is 0 Å². The van der Waals surface area contributed by atoms with Crippen LogP contribution in [-0.4, -0.2) is 65.1 Å². The lowest BCUT2D eigenvalue weighted by atomic mass is 10.2. The van der Waals surface area contributed by atoms with E-state index in [0.29, 0.717) is 13.0 Å². The van der Waals surface area contributed by atoms with Crippen LogP contribution in [0.2, 0.25) is 0 Å². The van der Waals surface area contributed by atoms with Crippen molar-refractivity contribution in [3.63, 3.8) is 0 Å². The summed E-state index contributed by atoms with van der Waals surface area (Å²) in [7, 11) is 2.80. The quantitative estimate of drug-likeness (QED) is 0.272. The van der Waals surface area contributed by atoms with Gasteiger partial charge in [0.2, 0.25) is 0 Å². The largest absolute Gasteiger partial charge is 0.400 e. The van der Waals surface area contributed by atoms with Gasteiger partial charge in [-0.25, -0.2) is 5.21 Å². The van der Waals surface area contributed by atoms with Gasteiger partial charge < -0.3 is 15.3 Å². The summed E-state index contributed by atoms with van der Waals surface area (Å²) in [6.45, 7) is 3.40. The van der Waals surface area contributed by atoms with E-state index in [1.54, 1.807) is 7.05 Å². The normalized spacial score (nSPS) is 15.5. The zero-order valence-corrected chi connectivity index (χ0v) is 12.2. The minimum absolute atomic E-state index is 0.0296. The molecular weight excluding hydrogens is 234 g/mol. The van der Waals surface area contributed by atoms with E-state index in [1.807, 2.05) is 0 Å². The molecule has 2 atom stereocenters. The molecule has 0 aromatic carbocycles. The molecule has 0 aliphatic carbocycles. The lowest BCUT2D eigenvalue weighted by Crippen LogP contribution is -2.42. The van der Waals surface area contributed by atoms with Gasteiger partial charge >= 0.3 is 0 Å². The maximum atomic E-state index is 9.99. The molecule has 112 valence electrons. The van der Waals surface area contributed by atoms with E-state index in [9.17, 15) is 5.21 Å². The number of hydroxylamine groups is 3. The molecule has 0 heterocycles. The van der Waals surface area contributed by atoms with Gasteiger partial charge in [-0.15, -0.1) is 0 Å². The van der Waals surface area contributed by atoms with E-state index in [-0.39, 0.29) is 11.3 Å². The van der Waals surface area contributed by atoms with Crippen LogP contribution in [0.15, 0.2) is 0 Å². The number of quaternary nitrogens is 1. The molecule has 2 unspecified atom stereocenters. The summed E-state index contributed by atoms with van der Waals surface area (Å²) >= 11 is 0. The van der Waals surface area contributed by atoms with Gasteiger partial charge in [-0.3, -0.25) is 0 Å². The third kappa shape index (κ3) is 13.9. The molecule has 0 aliphatic rings. The fourth-order valence-corrected chi connectivity index (χ4v) is 1.75. The number of rotatable bonds is 10. The molecule has 0 radical (unpaired) electrons. The van der Waals surface area contributed by atoms with E-state index in [1.165, 1.54) is 19.3 Å². The number of hydrogen-bond acceptors (Lipinski definition) is 4. The van der Waals surface area contributed by atoms with E-state index in [0.717, 1.165) is 26.5 Å². The van der Waals surface area contributed by atoms with Crippen molar-refractivity contribution in [2.75, 3.05) is 33.9 Å². The summed E-state index contributed by atoms with van der Waals surface area (Å²) in [6.07, 6.45) is 5.30. The smallest absolute Gasteiger partial charge is 0.109 e. The Morgan fingerprint density at radius 2 is 1.56 bits per heavy atom. The number of aliphatic hydroxyl groups is 3. The van der Waals surface area contributed by atoms with Crippen LogP contribution in [0.5, 0.6) is 0 Å². The molecule has 0 fully saturated rings. The Morgan fingerprint density at radius 1 is 1.00 bits per heavy atom.